The minimum absolute atomic E-state index is 0.0637. The van der Waals surface area contributed by atoms with Crippen LogP contribution in [0.2, 0.25) is 5.02 Å². The predicted octanol–water partition coefficient (Wildman–Crippen LogP) is 3.42. The van der Waals surface area contributed by atoms with Gasteiger partial charge in [-0.3, -0.25) is 9.78 Å². The van der Waals surface area contributed by atoms with Crippen molar-refractivity contribution in [2.24, 2.45) is 5.41 Å². The van der Waals surface area contributed by atoms with Gasteiger partial charge in [0.05, 0.1) is 24.3 Å². The minimum Gasteiger partial charge on any atom is -0.453 e. The maximum atomic E-state index is 14.6. The molecule has 0 fully saturated rings. The minimum atomic E-state index is -4.83. The van der Waals surface area contributed by atoms with Gasteiger partial charge >= 0.3 is 12.3 Å². The zero-order chi connectivity index (χ0) is 27.1. The molecule has 2 amide bonds. The number of rotatable bonds is 10. The summed E-state index contributed by atoms with van der Waals surface area (Å²) in [5, 5.41) is 17.1. The van der Waals surface area contributed by atoms with Crippen LogP contribution in [0.15, 0.2) is 36.5 Å². The lowest BCUT2D eigenvalue weighted by Crippen LogP contribution is -2.60. The van der Waals surface area contributed by atoms with Crippen LogP contribution < -0.4 is 16.0 Å². The molecule has 0 saturated carbocycles. The van der Waals surface area contributed by atoms with E-state index >= 15 is 0 Å². The highest BCUT2D eigenvalue weighted by molar-refractivity contribution is 6.31. The smallest absolute Gasteiger partial charge is 0.407 e. The summed E-state index contributed by atoms with van der Waals surface area (Å²) in [7, 11) is 0.946. The van der Waals surface area contributed by atoms with E-state index in [1.54, 1.807) is 30.5 Å². The Morgan fingerprint density at radius 1 is 1.19 bits per heavy atom. The molecule has 1 unspecified atom stereocenters. The van der Waals surface area contributed by atoms with Crippen LogP contribution in [0.5, 0.6) is 0 Å². The molecule has 0 aliphatic heterocycles. The van der Waals surface area contributed by atoms with Gasteiger partial charge in [-0.2, -0.15) is 13.2 Å². The molecule has 2 atom stereocenters. The number of hydrogen-bond donors (Lipinski definition) is 4. The number of halogens is 5. The number of carbonyl (C=O) groups excluding carboxylic acids is 2. The summed E-state index contributed by atoms with van der Waals surface area (Å²) in [5.41, 5.74) is -1.47. The maximum absolute atomic E-state index is 14.6. The molecule has 13 heteroatoms. The second-order valence-corrected chi connectivity index (χ2v) is 8.86. The molecule has 0 radical (unpaired) electrons. The van der Waals surface area contributed by atoms with E-state index in [9.17, 15) is 32.3 Å². The third kappa shape index (κ3) is 7.52. The number of alkyl halides is 3. The van der Waals surface area contributed by atoms with Crippen LogP contribution in [-0.2, 0) is 16.1 Å². The number of alkyl carbamates (subject to hydrolysis) is 1. The van der Waals surface area contributed by atoms with E-state index in [0.29, 0.717) is 11.3 Å². The molecule has 4 N–H and O–H groups in total. The summed E-state index contributed by atoms with van der Waals surface area (Å²) in [4.78, 5) is 28.1. The molecule has 0 spiro atoms. The average molecular weight is 535 g/mol. The van der Waals surface area contributed by atoms with Gasteiger partial charge in [0.25, 0.3) is 0 Å². The van der Waals surface area contributed by atoms with Crippen LogP contribution in [0.3, 0.4) is 0 Å². The fourth-order valence-electron chi connectivity index (χ4n) is 3.12. The zero-order valence-corrected chi connectivity index (χ0v) is 20.5. The van der Waals surface area contributed by atoms with Crippen molar-refractivity contribution in [3.63, 3.8) is 0 Å². The number of methoxy groups -OCH3 is 1. The monoisotopic (exact) mass is 534 g/mol. The maximum Gasteiger partial charge on any atom is 0.407 e. The summed E-state index contributed by atoms with van der Waals surface area (Å²) in [6, 6.07) is 5.99. The van der Waals surface area contributed by atoms with Crippen molar-refractivity contribution in [3.8, 4) is 11.3 Å². The number of nitrogens with zero attached hydrogens (tertiary/aromatic N) is 1. The Balaban J connectivity index is 1.95. The van der Waals surface area contributed by atoms with E-state index in [2.05, 4.69) is 20.4 Å². The zero-order valence-electron chi connectivity index (χ0n) is 19.7. The number of hydrogen-bond acceptors (Lipinski definition) is 6. The summed E-state index contributed by atoms with van der Waals surface area (Å²) in [5.74, 6) is -1.76. The highest BCUT2D eigenvalue weighted by Gasteiger charge is 2.55. The van der Waals surface area contributed by atoms with Crippen molar-refractivity contribution in [3.05, 3.63) is 52.9 Å². The van der Waals surface area contributed by atoms with Crippen LogP contribution in [0.4, 0.5) is 22.4 Å². The molecule has 1 aromatic heterocycles. The van der Waals surface area contributed by atoms with Crippen LogP contribution in [0.1, 0.15) is 19.4 Å². The molecule has 0 saturated heterocycles. The number of pyridine rings is 1. The molecule has 1 heterocycles. The molecular formula is C23H27ClF4N4O4. The average Bonchev–Trinajstić information content (AvgIpc) is 2.82. The van der Waals surface area contributed by atoms with E-state index in [4.69, 9.17) is 11.6 Å². The number of aliphatic hydroxyl groups is 1. The first-order chi connectivity index (χ1) is 16.8. The highest BCUT2D eigenvalue weighted by atomic mass is 35.5. The third-order valence-corrected chi connectivity index (χ3v) is 5.79. The van der Waals surface area contributed by atoms with Crippen LogP contribution in [-0.4, -0.2) is 60.6 Å². The first-order valence-electron chi connectivity index (χ1n) is 10.7. The number of aliphatic hydroxyl groups excluding tert-OH is 1. The van der Waals surface area contributed by atoms with Gasteiger partial charge in [0.2, 0.25) is 5.91 Å². The molecule has 0 bridgehead atoms. The van der Waals surface area contributed by atoms with Gasteiger partial charge in [-0.1, -0.05) is 17.7 Å². The second-order valence-electron chi connectivity index (χ2n) is 8.45. The molecule has 8 nitrogen and oxygen atoms in total. The standard InChI is InChI=1S/C23H27ClF4N4O4/c1-22(2,23(26,27)28)19(32-21(35)36-3)20(34)31-11-14(33)10-29-12-15-16(24)8-13(9-17(15)25)18-6-4-5-7-30-18/h4-9,14,19,29,33H,10-12H2,1-3H3,(H,31,34)(H,32,35)/t14-,19?/m0/s1. The normalized spacial score (nSPS) is 13.6. The molecule has 2 rings (SSSR count). The summed E-state index contributed by atoms with van der Waals surface area (Å²) in [6.07, 6.45) is -5.72. The largest absolute Gasteiger partial charge is 0.453 e. The van der Waals surface area contributed by atoms with Gasteiger partial charge in [-0.25, -0.2) is 9.18 Å². The molecule has 1 aromatic carbocycles. The Hall–Kier alpha value is -2.96. The quantitative estimate of drug-likeness (QED) is 0.348. The lowest BCUT2D eigenvalue weighted by molar-refractivity contribution is -0.220. The van der Waals surface area contributed by atoms with Crippen molar-refractivity contribution in [1.29, 1.82) is 0 Å². The number of aromatic nitrogens is 1. The van der Waals surface area contributed by atoms with E-state index in [1.807, 2.05) is 5.32 Å². The summed E-state index contributed by atoms with van der Waals surface area (Å²) >= 11 is 6.21. The van der Waals surface area contributed by atoms with Crippen LogP contribution in [0, 0.1) is 11.2 Å². The number of ether oxygens (including phenoxy) is 1. The summed E-state index contributed by atoms with van der Waals surface area (Å²) < 4.78 is 59.2. The Morgan fingerprint density at radius 3 is 2.44 bits per heavy atom. The molecule has 0 aliphatic carbocycles. The van der Waals surface area contributed by atoms with Crippen molar-refractivity contribution >= 4 is 23.6 Å². The van der Waals surface area contributed by atoms with E-state index in [1.165, 1.54) is 6.07 Å². The first kappa shape index (κ1) is 29.3. The Kier molecular flexibility index (Phi) is 10.0. The number of carbonyl (C=O) groups is 2. The fourth-order valence-corrected chi connectivity index (χ4v) is 3.40. The lowest BCUT2D eigenvalue weighted by atomic mass is 9.83. The SMILES string of the molecule is COC(=O)NC(C(=O)NC[C@@H](O)CNCc1c(F)cc(-c2ccccn2)cc1Cl)C(C)(C)C(F)(F)F. The van der Waals surface area contributed by atoms with Gasteiger partial charge in [-0.05, 0) is 38.1 Å². The van der Waals surface area contributed by atoms with Crippen molar-refractivity contribution in [1.82, 2.24) is 20.9 Å². The Bertz CT molecular complexity index is 1030. The Morgan fingerprint density at radius 2 is 1.89 bits per heavy atom. The van der Waals surface area contributed by atoms with Gasteiger partial charge in [-0.15, -0.1) is 0 Å². The van der Waals surface area contributed by atoms with Gasteiger partial charge in [0.1, 0.15) is 11.9 Å². The second kappa shape index (κ2) is 12.3. The van der Waals surface area contributed by atoms with Crippen molar-refractivity contribution < 1.29 is 37.0 Å². The van der Waals surface area contributed by atoms with Gasteiger partial charge in [0.15, 0.2) is 0 Å². The number of amides is 2. The fraction of sp³-hybridized carbons (Fsp3) is 0.435. The lowest BCUT2D eigenvalue weighted by Gasteiger charge is -2.35. The van der Waals surface area contributed by atoms with Crippen molar-refractivity contribution in [2.75, 3.05) is 20.2 Å². The molecule has 0 aliphatic rings. The van der Waals surface area contributed by atoms with E-state index in [-0.39, 0.29) is 23.7 Å². The van der Waals surface area contributed by atoms with E-state index in [0.717, 1.165) is 21.0 Å². The molecule has 198 valence electrons. The van der Waals surface area contributed by atoms with Gasteiger partial charge < -0.3 is 25.8 Å². The molecule has 2 aromatic rings. The number of nitrogens with one attached hydrogen (secondary N) is 3. The van der Waals surface area contributed by atoms with E-state index < -0.39 is 48.1 Å². The van der Waals surface area contributed by atoms with Crippen molar-refractivity contribution in [2.45, 2.75) is 38.7 Å². The van der Waals surface area contributed by atoms with Crippen LogP contribution >= 0.6 is 11.6 Å². The highest BCUT2D eigenvalue weighted by Crippen LogP contribution is 2.40. The third-order valence-electron chi connectivity index (χ3n) is 5.46. The van der Waals surface area contributed by atoms with Gasteiger partial charge in [0, 0.05) is 42.0 Å². The Labute approximate surface area is 210 Å². The topological polar surface area (TPSA) is 113 Å². The summed E-state index contributed by atoms with van der Waals surface area (Å²) in [6.45, 7) is 0.862. The van der Waals surface area contributed by atoms with Crippen LogP contribution in [0.25, 0.3) is 11.3 Å². The molecular weight excluding hydrogens is 508 g/mol. The molecule has 36 heavy (non-hydrogen) atoms. The first-order valence-corrected chi connectivity index (χ1v) is 11.1. The number of benzene rings is 1. The predicted molar refractivity (Wildman–Crippen MR) is 125 cm³/mol.